The first-order chi connectivity index (χ1) is 11.5. The molecule has 7 heteroatoms. The van der Waals surface area contributed by atoms with Gasteiger partial charge in [0.2, 0.25) is 0 Å². The summed E-state index contributed by atoms with van der Waals surface area (Å²) in [5.74, 6) is 1.28. The Morgan fingerprint density at radius 3 is 2.64 bits per heavy atom. The maximum atomic E-state index is 13.2. The Morgan fingerprint density at radius 1 is 1.40 bits per heavy atom. The molecule has 0 saturated carbocycles. The van der Waals surface area contributed by atoms with Crippen LogP contribution in [0.2, 0.25) is 0 Å². The summed E-state index contributed by atoms with van der Waals surface area (Å²) in [5, 5.41) is 3.47. The van der Waals surface area contributed by atoms with Crippen LogP contribution >= 0.6 is 24.0 Å². The fraction of sp³-hybridized carbons (Fsp3) is 0.611. The van der Waals surface area contributed by atoms with Crippen molar-refractivity contribution in [2.24, 2.45) is 10.9 Å². The van der Waals surface area contributed by atoms with E-state index in [2.05, 4.69) is 20.1 Å². The smallest absolute Gasteiger partial charge is 0.193 e. The highest BCUT2D eigenvalue weighted by Crippen LogP contribution is 2.19. The van der Waals surface area contributed by atoms with E-state index in [0.29, 0.717) is 5.92 Å². The number of benzene rings is 1. The quantitative estimate of drug-likeness (QED) is 0.399. The molecular formula is C18H30FIN4O. The lowest BCUT2D eigenvalue weighted by atomic mass is 10.1. The number of hydrogen-bond donors (Lipinski definition) is 1. The van der Waals surface area contributed by atoms with E-state index >= 15 is 0 Å². The van der Waals surface area contributed by atoms with Gasteiger partial charge in [-0.05, 0) is 38.2 Å². The summed E-state index contributed by atoms with van der Waals surface area (Å²) < 4.78 is 18.4. The number of halogens is 2. The SMILES string of the molecule is CN=C(NCC(c1ccc(F)cc1)N(C)C)N1CCC(COC)C1.I. The average molecular weight is 464 g/mol. The molecule has 1 N–H and O–H groups in total. The zero-order chi connectivity index (χ0) is 17.5. The van der Waals surface area contributed by atoms with Crippen LogP contribution in [0.4, 0.5) is 4.39 Å². The minimum atomic E-state index is -0.207. The normalized spacial score (nSPS) is 19.0. The highest BCUT2D eigenvalue weighted by atomic mass is 127. The molecule has 1 fully saturated rings. The van der Waals surface area contributed by atoms with Crippen molar-refractivity contribution in [1.29, 1.82) is 0 Å². The molecule has 0 aliphatic carbocycles. The number of rotatable bonds is 6. The molecule has 1 saturated heterocycles. The lowest BCUT2D eigenvalue weighted by Gasteiger charge is -2.28. The monoisotopic (exact) mass is 464 g/mol. The highest BCUT2D eigenvalue weighted by molar-refractivity contribution is 14.0. The first-order valence-corrected chi connectivity index (χ1v) is 8.41. The van der Waals surface area contributed by atoms with Gasteiger partial charge >= 0.3 is 0 Å². The van der Waals surface area contributed by atoms with E-state index in [0.717, 1.165) is 44.2 Å². The van der Waals surface area contributed by atoms with Crippen LogP contribution < -0.4 is 5.32 Å². The molecule has 5 nitrogen and oxygen atoms in total. The van der Waals surface area contributed by atoms with Gasteiger partial charge in [-0.15, -0.1) is 24.0 Å². The molecule has 25 heavy (non-hydrogen) atoms. The van der Waals surface area contributed by atoms with Gasteiger partial charge in [-0.3, -0.25) is 4.99 Å². The van der Waals surface area contributed by atoms with Crippen LogP contribution in [-0.4, -0.2) is 70.3 Å². The van der Waals surface area contributed by atoms with Gasteiger partial charge in [-0.2, -0.15) is 0 Å². The zero-order valence-electron chi connectivity index (χ0n) is 15.5. The van der Waals surface area contributed by atoms with Gasteiger partial charge in [0.25, 0.3) is 0 Å². The maximum absolute atomic E-state index is 13.2. The standard InChI is InChI=1S/C18H29FN4O.HI/c1-20-18(23-10-9-14(12-23)13-24-4)21-11-17(22(2)3)15-5-7-16(19)8-6-15;/h5-8,14,17H,9-13H2,1-4H3,(H,20,21);1H. The van der Waals surface area contributed by atoms with Crippen molar-refractivity contribution in [2.45, 2.75) is 12.5 Å². The van der Waals surface area contributed by atoms with Crippen LogP contribution in [-0.2, 0) is 4.74 Å². The van der Waals surface area contributed by atoms with E-state index in [-0.39, 0.29) is 35.8 Å². The van der Waals surface area contributed by atoms with Gasteiger partial charge in [-0.1, -0.05) is 12.1 Å². The Kier molecular flexibility index (Phi) is 9.66. The van der Waals surface area contributed by atoms with Gasteiger partial charge in [0.15, 0.2) is 5.96 Å². The summed E-state index contributed by atoms with van der Waals surface area (Å²) in [7, 11) is 7.63. The summed E-state index contributed by atoms with van der Waals surface area (Å²) in [6.07, 6.45) is 1.13. The molecule has 2 unspecified atom stereocenters. The predicted octanol–water partition coefficient (Wildman–Crippen LogP) is 2.59. The molecule has 1 aromatic rings. The van der Waals surface area contributed by atoms with Crippen LogP contribution in [0.25, 0.3) is 0 Å². The third-order valence-electron chi connectivity index (χ3n) is 4.53. The molecule has 0 amide bonds. The molecule has 0 bridgehead atoms. The van der Waals surface area contributed by atoms with Crippen LogP contribution in [0.1, 0.15) is 18.0 Å². The van der Waals surface area contributed by atoms with E-state index in [9.17, 15) is 4.39 Å². The second kappa shape index (κ2) is 10.9. The Hall–Kier alpha value is -0.930. The minimum absolute atomic E-state index is 0. The van der Waals surface area contributed by atoms with E-state index in [4.69, 9.17) is 4.74 Å². The third-order valence-corrected chi connectivity index (χ3v) is 4.53. The molecular weight excluding hydrogens is 434 g/mol. The molecule has 0 aromatic heterocycles. The summed E-state index contributed by atoms with van der Waals surface area (Å²) in [5.41, 5.74) is 1.09. The molecule has 1 aliphatic heterocycles. The number of ether oxygens (including phenoxy) is 1. The molecule has 2 atom stereocenters. The fourth-order valence-corrected chi connectivity index (χ4v) is 3.20. The summed E-state index contributed by atoms with van der Waals surface area (Å²) in [4.78, 5) is 8.82. The highest BCUT2D eigenvalue weighted by Gasteiger charge is 2.25. The second-order valence-corrected chi connectivity index (χ2v) is 6.52. The molecule has 0 spiro atoms. The van der Waals surface area contributed by atoms with Gasteiger partial charge in [-0.25, -0.2) is 4.39 Å². The topological polar surface area (TPSA) is 40.1 Å². The molecule has 0 radical (unpaired) electrons. The van der Waals surface area contributed by atoms with Crippen molar-refractivity contribution in [1.82, 2.24) is 15.1 Å². The van der Waals surface area contributed by atoms with Gasteiger partial charge in [0.05, 0.1) is 12.6 Å². The van der Waals surface area contributed by atoms with Crippen LogP contribution in [0.15, 0.2) is 29.3 Å². The van der Waals surface area contributed by atoms with Crippen molar-refractivity contribution in [3.8, 4) is 0 Å². The summed E-state index contributed by atoms with van der Waals surface area (Å²) in [6, 6.07) is 6.86. The lowest BCUT2D eigenvalue weighted by Crippen LogP contribution is -2.43. The van der Waals surface area contributed by atoms with Gasteiger partial charge in [0, 0.05) is 39.7 Å². The Labute approximate surface area is 167 Å². The van der Waals surface area contributed by atoms with Crippen molar-refractivity contribution < 1.29 is 9.13 Å². The zero-order valence-corrected chi connectivity index (χ0v) is 17.9. The lowest BCUT2D eigenvalue weighted by molar-refractivity contribution is 0.157. The molecule has 1 aromatic carbocycles. The number of likely N-dealkylation sites (N-methyl/N-ethyl adjacent to an activating group) is 1. The number of guanidine groups is 1. The number of nitrogens with one attached hydrogen (secondary N) is 1. The summed E-state index contributed by atoms with van der Waals surface area (Å²) >= 11 is 0. The third kappa shape index (κ3) is 6.38. The van der Waals surface area contributed by atoms with Crippen molar-refractivity contribution in [3.05, 3.63) is 35.6 Å². The largest absolute Gasteiger partial charge is 0.384 e. The average Bonchev–Trinajstić information content (AvgIpc) is 3.01. The predicted molar refractivity (Wildman–Crippen MR) is 111 cm³/mol. The maximum Gasteiger partial charge on any atom is 0.193 e. The van der Waals surface area contributed by atoms with E-state index in [1.165, 1.54) is 12.1 Å². The van der Waals surface area contributed by atoms with E-state index in [1.807, 2.05) is 33.3 Å². The number of aliphatic imine (C=N–C) groups is 1. The van der Waals surface area contributed by atoms with Gasteiger partial charge < -0.3 is 19.9 Å². The fourth-order valence-electron chi connectivity index (χ4n) is 3.20. The van der Waals surface area contributed by atoms with Crippen LogP contribution in [0.5, 0.6) is 0 Å². The van der Waals surface area contributed by atoms with Crippen molar-refractivity contribution >= 4 is 29.9 Å². The first kappa shape index (κ1) is 22.1. The second-order valence-electron chi connectivity index (χ2n) is 6.52. The van der Waals surface area contributed by atoms with Crippen LogP contribution in [0.3, 0.4) is 0 Å². The minimum Gasteiger partial charge on any atom is -0.384 e. The number of methoxy groups -OCH3 is 1. The Bertz CT molecular complexity index is 538. The van der Waals surface area contributed by atoms with Crippen molar-refractivity contribution in [3.63, 3.8) is 0 Å². The van der Waals surface area contributed by atoms with Crippen LogP contribution in [0, 0.1) is 11.7 Å². The van der Waals surface area contributed by atoms with Crippen molar-refractivity contribution in [2.75, 3.05) is 54.5 Å². The Morgan fingerprint density at radius 2 is 2.08 bits per heavy atom. The Balaban J connectivity index is 0.00000312. The molecule has 2 rings (SSSR count). The summed E-state index contributed by atoms with van der Waals surface area (Å²) in [6.45, 7) is 3.48. The number of likely N-dealkylation sites (tertiary alicyclic amines) is 1. The first-order valence-electron chi connectivity index (χ1n) is 8.41. The van der Waals surface area contributed by atoms with E-state index < -0.39 is 0 Å². The molecule has 1 aliphatic rings. The molecule has 142 valence electrons. The van der Waals surface area contributed by atoms with Gasteiger partial charge in [0.1, 0.15) is 5.82 Å². The number of hydrogen-bond acceptors (Lipinski definition) is 3. The number of nitrogens with zero attached hydrogens (tertiary/aromatic N) is 3. The molecule has 1 heterocycles. The van der Waals surface area contributed by atoms with E-state index in [1.54, 1.807) is 7.11 Å².